The molecule has 2 aromatic rings. The number of benzene rings is 2. The van der Waals surface area contributed by atoms with Crippen LogP contribution in [0.2, 0.25) is 0 Å². The zero-order valence-corrected chi connectivity index (χ0v) is 15.0. The van der Waals surface area contributed by atoms with E-state index in [-0.39, 0.29) is 23.0 Å². The van der Waals surface area contributed by atoms with E-state index in [0.717, 1.165) is 4.47 Å². The minimum absolute atomic E-state index is 0.0780. The maximum Gasteiger partial charge on any atom is 0.387 e. The van der Waals surface area contributed by atoms with Crippen molar-refractivity contribution in [1.29, 1.82) is 0 Å². The third-order valence-corrected chi connectivity index (χ3v) is 3.72. The fourth-order valence-corrected chi connectivity index (χ4v) is 2.51. The van der Waals surface area contributed by atoms with Gasteiger partial charge in [-0.25, -0.2) is 0 Å². The molecule has 0 saturated carbocycles. The van der Waals surface area contributed by atoms with E-state index in [1.807, 2.05) is 6.07 Å². The average Bonchev–Trinajstić information content (AvgIpc) is 2.59. The van der Waals surface area contributed by atoms with Crippen molar-refractivity contribution >= 4 is 27.8 Å². The summed E-state index contributed by atoms with van der Waals surface area (Å²) in [6.07, 6.45) is 2.92. The standard InChI is InChI=1S/C18H15BrF2O4/c1-23-15-8-11(9-16(24-2)17(15)25-18(20)21)6-7-14(22)12-4-3-5-13(19)10-12/h3-10,18H,1-2H3/b7-6+. The molecule has 0 aliphatic heterocycles. The predicted molar refractivity (Wildman–Crippen MR) is 93.7 cm³/mol. The van der Waals surface area contributed by atoms with Crippen LogP contribution in [0, 0.1) is 0 Å². The number of methoxy groups -OCH3 is 2. The third kappa shape index (κ3) is 5.03. The van der Waals surface area contributed by atoms with E-state index in [1.54, 1.807) is 24.3 Å². The van der Waals surface area contributed by atoms with Crippen LogP contribution < -0.4 is 14.2 Å². The average molecular weight is 413 g/mol. The van der Waals surface area contributed by atoms with Crippen LogP contribution in [-0.4, -0.2) is 26.6 Å². The molecule has 25 heavy (non-hydrogen) atoms. The van der Waals surface area contributed by atoms with Crippen LogP contribution in [0.5, 0.6) is 17.2 Å². The molecule has 0 unspecified atom stereocenters. The molecule has 0 aliphatic rings. The van der Waals surface area contributed by atoms with E-state index in [9.17, 15) is 13.6 Å². The number of allylic oxidation sites excluding steroid dienone is 1. The number of carbonyl (C=O) groups excluding carboxylic acids is 1. The molecule has 0 aliphatic carbocycles. The Hall–Kier alpha value is -2.41. The molecule has 7 heteroatoms. The summed E-state index contributed by atoms with van der Waals surface area (Å²) in [6, 6.07) is 9.92. The summed E-state index contributed by atoms with van der Waals surface area (Å²) in [4.78, 5) is 12.2. The number of alkyl halides is 2. The second kappa shape index (κ2) is 8.62. The number of hydrogen-bond donors (Lipinski definition) is 0. The van der Waals surface area contributed by atoms with Gasteiger partial charge in [0.25, 0.3) is 0 Å². The molecular weight excluding hydrogens is 398 g/mol. The lowest BCUT2D eigenvalue weighted by Crippen LogP contribution is -2.05. The van der Waals surface area contributed by atoms with Gasteiger partial charge in [-0.2, -0.15) is 8.78 Å². The smallest absolute Gasteiger partial charge is 0.387 e. The van der Waals surface area contributed by atoms with Crippen molar-refractivity contribution in [3.05, 3.63) is 58.1 Å². The number of hydrogen-bond acceptors (Lipinski definition) is 4. The summed E-state index contributed by atoms with van der Waals surface area (Å²) in [7, 11) is 2.65. The molecule has 0 N–H and O–H groups in total. The van der Waals surface area contributed by atoms with Gasteiger partial charge < -0.3 is 14.2 Å². The number of halogens is 3. The zero-order valence-electron chi connectivity index (χ0n) is 13.5. The van der Waals surface area contributed by atoms with E-state index in [2.05, 4.69) is 20.7 Å². The summed E-state index contributed by atoms with van der Waals surface area (Å²) in [6.45, 7) is -3.01. The second-order valence-electron chi connectivity index (χ2n) is 4.84. The normalized spacial score (nSPS) is 11.0. The highest BCUT2D eigenvalue weighted by Gasteiger charge is 2.17. The quantitative estimate of drug-likeness (QED) is 0.475. The Morgan fingerprint density at radius 2 is 1.76 bits per heavy atom. The maximum absolute atomic E-state index is 12.5. The largest absolute Gasteiger partial charge is 0.493 e. The van der Waals surface area contributed by atoms with Crippen LogP contribution >= 0.6 is 15.9 Å². The minimum Gasteiger partial charge on any atom is -0.493 e. The fourth-order valence-electron chi connectivity index (χ4n) is 2.11. The maximum atomic E-state index is 12.5. The molecule has 0 aromatic heterocycles. The highest BCUT2D eigenvalue weighted by Crippen LogP contribution is 2.39. The van der Waals surface area contributed by atoms with Crippen molar-refractivity contribution in [3.8, 4) is 17.2 Å². The molecule has 0 amide bonds. The molecule has 0 radical (unpaired) electrons. The van der Waals surface area contributed by atoms with Crippen molar-refractivity contribution in [1.82, 2.24) is 0 Å². The lowest BCUT2D eigenvalue weighted by Gasteiger charge is -2.14. The first-order valence-electron chi connectivity index (χ1n) is 7.13. The predicted octanol–water partition coefficient (Wildman–Crippen LogP) is 4.96. The van der Waals surface area contributed by atoms with Gasteiger partial charge in [-0.05, 0) is 35.9 Å². The van der Waals surface area contributed by atoms with E-state index in [4.69, 9.17) is 9.47 Å². The Bertz CT molecular complexity index is 765. The topological polar surface area (TPSA) is 44.8 Å². The summed E-state index contributed by atoms with van der Waals surface area (Å²) >= 11 is 3.31. The number of ether oxygens (including phenoxy) is 3. The van der Waals surface area contributed by atoms with Crippen molar-refractivity contribution in [2.75, 3.05) is 14.2 Å². The summed E-state index contributed by atoms with van der Waals surface area (Å²) in [5.41, 5.74) is 1.06. The summed E-state index contributed by atoms with van der Waals surface area (Å²) in [5, 5.41) is 0. The van der Waals surface area contributed by atoms with Crippen molar-refractivity contribution in [2.45, 2.75) is 6.61 Å². The van der Waals surface area contributed by atoms with Gasteiger partial charge in [-0.3, -0.25) is 4.79 Å². The van der Waals surface area contributed by atoms with Crippen molar-refractivity contribution in [3.63, 3.8) is 0 Å². The fraction of sp³-hybridized carbons (Fsp3) is 0.167. The second-order valence-corrected chi connectivity index (χ2v) is 5.76. The number of carbonyl (C=O) groups is 1. The number of ketones is 1. The van der Waals surface area contributed by atoms with Crippen LogP contribution in [0.3, 0.4) is 0 Å². The van der Waals surface area contributed by atoms with E-state index >= 15 is 0 Å². The Morgan fingerprint density at radius 1 is 1.12 bits per heavy atom. The Kier molecular flexibility index (Phi) is 6.52. The van der Waals surface area contributed by atoms with Gasteiger partial charge in [-0.15, -0.1) is 0 Å². The van der Waals surface area contributed by atoms with Gasteiger partial charge in [-0.1, -0.05) is 34.1 Å². The Balaban J connectivity index is 2.31. The van der Waals surface area contributed by atoms with Crippen LogP contribution in [0.25, 0.3) is 6.08 Å². The monoisotopic (exact) mass is 412 g/mol. The third-order valence-electron chi connectivity index (χ3n) is 3.23. The lowest BCUT2D eigenvalue weighted by atomic mass is 10.1. The van der Waals surface area contributed by atoms with Crippen LogP contribution in [0.1, 0.15) is 15.9 Å². The number of rotatable bonds is 7. The lowest BCUT2D eigenvalue weighted by molar-refractivity contribution is -0.0526. The van der Waals surface area contributed by atoms with Gasteiger partial charge >= 0.3 is 6.61 Å². The van der Waals surface area contributed by atoms with E-state index < -0.39 is 6.61 Å². The molecule has 0 spiro atoms. The van der Waals surface area contributed by atoms with Crippen LogP contribution in [0.15, 0.2) is 46.9 Å². The van der Waals surface area contributed by atoms with Crippen LogP contribution in [-0.2, 0) is 0 Å². The zero-order chi connectivity index (χ0) is 18.4. The van der Waals surface area contributed by atoms with Crippen molar-refractivity contribution < 1.29 is 27.8 Å². The Morgan fingerprint density at radius 3 is 2.28 bits per heavy atom. The SMILES string of the molecule is COc1cc(/C=C/C(=O)c2cccc(Br)c2)cc(OC)c1OC(F)F. The van der Waals surface area contributed by atoms with Gasteiger partial charge in [0.1, 0.15) is 0 Å². The van der Waals surface area contributed by atoms with Crippen molar-refractivity contribution in [2.24, 2.45) is 0 Å². The first-order valence-corrected chi connectivity index (χ1v) is 7.92. The molecular formula is C18H15BrF2O4. The first-order chi connectivity index (χ1) is 11.9. The Labute approximate surface area is 152 Å². The molecule has 0 saturated heterocycles. The highest BCUT2D eigenvalue weighted by molar-refractivity contribution is 9.10. The summed E-state index contributed by atoms with van der Waals surface area (Å²) < 4.78 is 40.4. The minimum atomic E-state index is -3.01. The van der Waals surface area contributed by atoms with Gasteiger partial charge in [0.2, 0.25) is 5.75 Å². The molecule has 2 aromatic carbocycles. The molecule has 0 heterocycles. The van der Waals surface area contributed by atoms with Gasteiger partial charge in [0, 0.05) is 10.0 Å². The molecule has 4 nitrogen and oxygen atoms in total. The first kappa shape index (κ1) is 18.9. The van der Waals surface area contributed by atoms with E-state index in [0.29, 0.717) is 11.1 Å². The molecule has 2 rings (SSSR count). The van der Waals surface area contributed by atoms with Gasteiger partial charge in [0.15, 0.2) is 17.3 Å². The molecule has 0 bridgehead atoms. The molecule has 0 atom stereocenters. The summed E-state index contributed by atoms with van der Waals surface area (Å²) in [5.74, 6) is -0.244. The van der Waals surface area contributed by atoms with E-state index in [1.165, 1.54) is 32.4 Å². The molecule has 132 valence electrons. The van der Waals surface area contributed by atoms with Crippen LogP contribution in [0.4, 0.5) is 8.78 Å². The molecule has 0 fully saturated rings. The van der Waals surface area contributed by atoms with Gasteiger partial charge in [0.05, 0.1) is 14.2 Å². The highest BCUT2D eigenvalue weighted by atomic mass is 79.9.